The quantitative estimate of drug-likeness (QED) is 0.677. The number of aromatic nitrogens is 3. The van der Waals surface area contributed by atoms with E-state index in [1.54, 1.807) is 14.0 Å². The van der Waals surface area contributed by atoms with Gasteiger partial charge in [-0.3, -0.25) is 9.20 Å². The highest BCUT2D eigenvalue weighted by Crippen LogP contribution is 2.33. The molecule has 0 bridgehead atoms. The van der Waals surface area contributed by atoms with Crippen LogP contribution < -0.4 is 9.64 Å². The van der Waals surface area contributed by atoms with Gasteiger partial charge in [0.05, 0.1) is 17.8 Å². The molecule has 3 heterocycles. The number of aryl methyl sites for hydroxylation is 1. The topological polar surface area (TPSA) is 63.0 Å². The lowest BCUT2D eigenvalue weighted by molar-refractivity contribution is -0.129. The zero-order chi connectivity index (χ0) is 19.8. The van der Waals surface area contributed by atoms with E-state index in [0.717, 1.165) is 35.7 Å². The summed E-state index contributed by atoms with van der Waals surface area (Å²) in [6, 6.07) is 5.77. The van der Waals surface area contributed by atoms with Crippen LogP contribution in [0.3, 0.4) is 0 Å². The van der Waals surface area contributed by atoms with Gasteiger partial charge < -0.3 is 14.5 Å². The lowest BCUT2D eigenvalue weighted by atomic mass is 10.1. The first-order chi connectivity index (χ1) is 13.5. The summed E-state index contributed by atoms with van der Waals surface area (Å²) in [6.07, 6.45) is 3.91. The molecule has 8 heteroatoms. The normalized spacial score (nSPS) is 14.6. The van der Waals surface area contributed by atoms with Gasteiger partial charge in [0.25, 0.3) is 0 Å². The first-order valence-corrected chi connectivity index (χ1v) is 9.55. The number of nitrogens with zero attached hydrogens (tertiary/aromatic N) is 5. The van der Waals surface area contributed by atoms with Gasteiger partial charge >= 0.3 is 0 Å². The number of carbonyl (C=O) groups is 1. The lowest BCUT2D eigenvalue weighted by Gasteiger charge is -2.34. The Bertz CT molecular complexity index is 1040. The van der Waals surface area contributed by atoms with Crippen molar-refractivity contribution in [3.05, 3.63) is 41.2 Å². The van der Waals surface area contributed by atoms with Crippen molar-refractivity contribution in [2.45, 2.75) is 13.8 Å². The second kappa shape index (κ2) is 7.31. The molecule has 2 aromatic heterocycles. The molecule has 0 radical (unpaired) electrons. The molecular weight excluding hydrogens is 378 g/mol. The van der Waals surface area contributed by atoms with E-state index >= 15 is 0 Å². The van der Waals surface area contributed by atoms with Crippen LogP contribution in [-0.4, -0.2) is 58.5 Å². The smallest absolute Gasteiger partial charge is 0.236 e. The number of ether oxygens (including phenoxy) is 1. The number of rotatable bonds is 3. The average molecular weight is 400 g/mol. The lowest BCUT2D eigenvalue weighted by Crippen LogP contribution is -2.48. The molecule has 0 saturated carbocycles. The number of fused-ring (bicyclic) bond motifs is 1. The highest BCUT2D eigenvalue weighted by molar-refractivity contribution is 6.32. The van der Waals surface area contributed by atoms with Crippen molar-refractivity contribution in [2.75, 3.05) is 38.2 Å². The average Bonchev–Trinajstić information content (AvgIpc) is 3.12. The molecular formula is C20H22ClN5O2. The number of hydrogen-bond acceptors (Lipinski definition) is 5. The molecule has 28 heavy (non-hydrogen) atoms. The van der Waals surface area contributed by atoms with Crippen LogP contribution in [0.4, 0.5) is 5.82 Å². The molecule has 0 unspecified atom stereocenters. The van der Waals surface area contributed by atoms with E-state index in [0.29, 0.717) is 29.6 Å². The second-order valence-corrected chi connectivity index (χ2v) is 7.32. The summed E-state index contributed by atoms with van der Waals surface area (Å²) in [4.78, 5) is 25.0. The zero-order valence-electron chi connectivity index (χ0n) is 16.1. The van der Waals surface area contributed by atoms with Gasteiger partial charge in [-0.25, -0.2) is 4.98 Å². The Morgan fingerprint density at radius 1 is 1.18 bits per heavy atom. The van der Waals surface area contributed by atoms with E-state index in [2.05, 4.69) is 4.90 Å². The van der Waals surface area contributed by atoms with Crippen LogP contribution in [0.1, 0.15) is 12.5 Å². The van der Waals surface area contributed by atoms with Crippen LogP contribution >= 0.6 is 11.6 Å². The molecule has 146 valence electrons. The number of methoxy groups -OCH3 is 1. The fourth-order valence-electron chi connectivity index (χ4n) is 3.51. The summed E-state index contributed by atoms with van der Waals surface area (Å²) in [5.74, 6) is 2.27. The molecule has 0 aliphatic carbocycles. The van der Waals surface area contributed by atoms with Crippen LogP contribution in [0.15, 0.2) is 30.6 Å². The Morgan fingerprint density at radius 2 is 1.93 bits per heavy atom. The third kappa shape index (κ3) is 3.38. The van der Waals surface area contributed by atoms with E-state index in [-0.39, 0.29) is 5.91 Å². The van der Waals surface area contributed by atoms with Gasteiger partial charge in [0.15, 0.2) is 0 Å². The van der Waals surface area contributed by atoms with Crippen molar-refractivity contribution in [1.29, 1.82) is 0 Å². The Balaban J connectivity index is 1.63. The van der Waals surface area contributed by atoms with Gasteiger partial charge in [0.2, 0.25) is 11.7 Å². The number of amides is 1. The summed E-state index contributed by atoms with van der Waals surface area (Å²) in [7, 11) is 1.60. The fraction of sp³-hybridized carbons (Fsp3) is 0.350. The summed E-state index contributed by atoms with van der Waals surface area (Å²) >= 11 is 6.30. The van der Waals surface area contributed by atoms with Gasteiger partial charge in [-0.15, -0.1) is 0 Å². The zero-order valence-corrected chi connectivity index (χ0v) is 16.9. The van der Waals surface area contributed by atoms with Gasteiger partial charge in [-0.2, -0.15) is 4.98 Å². The minimum atomic E-state index is 0.120. The van der Waals surface area contributed by atoms with Crippen molar-refractivity contribution in [3.8, 4) is 17.0 Å². The number of carbonyl (C=O) groups excluding carboxylic acids is 1. The van der Waals surface area contributed by atoms with Crippen LogP contribution in [-0.2, 0) is 4.79 Å². The maximum atomic E-state index is 11.5. The molecule has 0 atom stereocenters. The van der Waals surface area contributed by atoms with Crippen molar-refractivity contribution < 1.29 is 9.53 Å². The fourth-order valence-corrected chi connectivity index (χ4v) is 3.75. The molecule has 1 aliphatic heterocycles. The number of hydrogen-bond donors (Lipinski definition) is 0. The van der Waals surface area contributed by atoms with Crippen molar-refractivity contribution in [3.63, 3.8) is 0 Å². The van der Waals surface area contributed by atoms with Crippen molar-refractivity contribution in [1.82, 2.24) is 19.3 Å². The predicted molar refractivity (Wildman–Crippen MR) is 109 cm³/mol. The van der Waals surface area contributed by atoms with E-state index in [1.807, 2.05) is 46.8 Å². The summed E-state index contributed by atoms with van der Waals surface area (Å²) < 4.78 is 7.19. The van der Waals surface area contributed by atoms with Crippen molar-refractivity contribution in [2.24, 2.45) is 0 Å². The molecule has 0 N–H and O–H groups in total. The maximum absolute atomic E-state index is 11.5. The summed E-state index contributed by atoms with van der Waals surface area (Å²) in [5, 5.41) is 0.553. The molecule has 3 aromatic rings. The van der Waals surface area contributed by atoms with Gasteiger partial charge in [0, 0.05) is 51.1 Å². The summed E-state index contributed by atoms with van der Waals surface area (Å²) in [5.41, 5.74) is 2.80. The third-order valence-corrected chi connectivity index (χ3v) is 5.43. The van der Waals surface area contributed by atoms with Crippen LogP contribution in [0.2, 0.25) is 5.02 Å². The highest BCUT2D eigenvalue weighted by Gasteiger charge is 2.20. The van der Waals surface area contributed by atoms with Gasteiger partial charge in [-0.1, -0.05) is 11.6 Å². The molecule has 4 rings (SSSR count). The third-order valence-electron chi connectivity index (χ3n) is 5.14. The van der Waals surface area contributed by atoms with Gasteiger partial charge in [0.1, 0.15) is 11.6 Å². The van der Waals surface area contributed by atoms with E-state index < -0.39 is 0 Å². The second-order valence-electron chi connectivity index (χ2n) is 6.91. The van der Waals surface area contributed by atoms with E-state index in [4.69, 9.17) is 26.3 Å². The molecule has 1 fully saturated rings. The molecule has 0 spiro atoms. The standard InChI is InChI=1S/C20H22ClN5O2/c1-13-10-18(28-3)16(21)11-15(13)17-12-26-5-4-19(23-20(26)22-17)25-8-6-24(7-9-25)14(2)27/h4-5,10-12H,6-9H2,1-3H3. The monoisotopic (exact) mass is 399 g/mol. The first kappa shape index (κ1) is 18.6. The Kier molecular flexibility index (Phi) is 4.85. The Hall–Kier alpha value is -2.80. The minimum absolute atomic E-state index is 0.120. The van der Waals surface area contributed by atoms with E-state index in [9.17, 15) is 4.79 Å². The van der Waals surface area contributed by atoms with Crippen LogP contribution in [0.25, 0.3) is 17.0 Å². The molecule has 7 nitrogen and oxygen atoms in total. The number of anilines is 1. The minimum Gasteiger partial charge on any atom is -0.495 e. The first-order valence-electron chi connectivity index (χ1n) is 9.17. The number of imidazole rings is 1. The Labute approximate surface area is 168 Å². The number of piperazine rings is 1. The maximum Gasteiger partial charge on any atom is 0.236 e. The predicted octanol–water partition coefficient (Wildman–Crippen LogP) is 3.04. The van der Waals surface area contributed by atoms with E-state index in [1.165, 1.54) is 0 Å². The molecule has 1 saturated heterocycles. The number of halogens is 1. The summed E-state index contributed by atoms with van der Waals surface area (Å²) in [6.45, 7) is 6.58. The molecule has 1 amide bonds. The highest BCUT2D eigenvalue weighted by atomic mass is 35.5. The number of benzene rings is 1. The van der Waals surface area contributed by atoms with Crippen LogP contribution in [0, 0.1) is 6.92 Å². The Morgan fingerprint density at radius 3 is 2.61 bits per heavy atom. The van der Waals surface area contributed by atoms with Crippen LogP contribution in [0.5, 0.6) is 5.75 Å². The molecule has 1 aliphatic rings. The van der Waals surface area contributed by atoms with Gasteiger partial charge in [-0.05, 0) is 30.7 Å². The van der Waals surface area contributed by atoms with Crippen molar-refractivity contribution >= 4 is 29.1 Å². The largest absolute Gasteiger partial charge is 0.495 e. The SMILES string of the molecule is COc1cc(C)c(-c2cn3ccc(N4CCN(C(C)=O)CC4)nc3n2)cc1Cl. The molecule has 1 aromatic carbocycles.